The molecule has 2 heteroatoms. The van der Waals surface area contributed by atoms with Crippen LogP contribution in [0.1, 0.15) is 96.8 Å². The summed E-state index contributed by atoms with van der Waals surface area (Å²) < 4.78 is 0. The zero-order chi connectivity index (χ0) is 13.3. The van der Waals surface area contributed by atoms with Crippen LogP contribution in [0.4, 0.5) is 0 Å². The molecule has 109 valence electrons. The summed E-state index contributed by atoms with van der Waals surface area (Å²) in [6.45, 7) is 3.97. The Morgan fingerprint density at radius 3 is 1.44 bits per heavy atom. The van der Waals surface area contributed by atoms with Crippen molar-refractivity contribution in [1.29, 1.82) is 0 Å². The molecule has 0 saturated carbocycles. The molecule has 0 atom stereocenters. The molecule has 0 aliphatic heterocycles. The number of hydrogen-bond acceptors (Lipinski definition) is 2. The molecule has 0 aliphatic carbocycles. The van der Waals surface area contributed by atoms with E-state index in [1.165, 1.54) is 83.5 Å². The van der Waals surface area contributed by atoms with Crippen LogP contribution in [0.2, 0.25) is 0 Å². The summed E-state index contributed by atoms with van der Waals surface area (Å²) in [7, 11) is 0. The lowest BCUT2D eigenvalue weighted by Gasteiger charge is -2.02. The van der Waals surface area contributed by atoms with E-state index in [2.05, 4.69) is 11.8 Å². The molecule has 0 bridgehead atoms. The quantitative estimate of drug-likeness (QED) is 0.309. The fourth-order valence-electron chi connectivity index (χ4n) is 2.31. The highest BCUT2D eigenvalue weighted by molar-refractivity contribution is 4.52. The molecule has 18 heavy (non-hydrogen) atoms. The van der Waals surface area contributed by atoms with Gasteiger partial charge in [0.25, 0.3) is 0 Å². The Morgan fingerprint density at radius 2 is 1.06 bits per heavy atom. The van der Waals surface area contributed by atoms with E-state index >= 15 is 0 Å². The predicted molar refractivity (Wildman–Crippen MR) is 79.9 cm³/mol. The molecule has 0 aromatic rings. The summed E-state index contributed by atoms with van der Waals surface area (Å²) >= 11 is 0. The molecule has 1 radical (unpaired) electrons. The highest BCUT2D eigenvalue weighted by Gasteiger charge is 1.93. The first-order valence-corrected chi connectivity index (χ1v) is 8.09. The Bertz CT molecular complexity index is 123. The van der Waals surface area contributed by atoms with Gasteiger partial charge in [0, 0.05) is 0 Å². The molecular formula is C16H34NO. The van der Waals surface area contributed by atoms with Crippen molar-refractivity contribution in [2.24, 2.45) is 5.90 Å². The van der Waals surface area contributed by atoms with Gasteiger partial charge in [-0.05, 0) is 6.42 Å². The van der Waals surface area contributed by atoms with Gasteiger partial charge >= 0.3 is 0 Å². The maximum absolute atomic E-state index is 4.92. The van der Waals surface area contributed by atoms with E-state index in [4.69, 9.17) is 5.90 Å². The highest BCUT2D eigenvalue weighted by Crippen LogP contribution is 2.13. The van der Waals surface area contributed by atoms with Crippen LogP contribution in [0.15, 0.2) is 0 Å². The molecule has 0 aromatic carbocycles. The van der Waals surface area contributed by atoms with Gasteiger partial charge in [-0.2, -0.15) is 0 Å². The van der Waals surface area contributed by atoms with Gasteiger partial charge < -0.3 is 0 Å². The number of hydrogen-bond donors (Lipinski definition) is 1. The summed E-state index contributed by atoms with van der Waals surface area (Å²) in [6, 6.07) is 0. The predicted octanol–water partition coefficient (Wildman–Crippen LogP) is 5.52. The van der Waals surface area contributed by atoms with Crippen molar-refractivity contribution < 1.29 is 4.84 Å². The van der Waals surface area contributed by atoms with Crippen molar-refractivity contribution in [3.63, 3.8) is 0 Å². The SMILES string of the molecule is CCCCCCCCCCCCCCC[CH]ON. The summed E-state index contributed by atoms with van der Waals surface area (Å²) in [5.41, 5.74) is 0. The van der Waals surface area contributed by atoms with E-state index in [1.54, 1.807) is 6.61 Å². The van der Waals surface area contributed by atoms with E-state index in [0.29, 0.717) is 0 Å². The first-order chi connectivity index (χ1) is 8.91. The van der Waals surface area contributed by atoms with Gasteiger partial charge in [-0.15, -0.1) is 0 Å². The second-order valence-electron chi connectivity index (χ2n) is 5.33. The van der Waals surface area contributed by atoms with E-state index < -0.39 is 0 Å². The van der Waals surface area contributed by atoms with Crippen molar-refractivity contribution in [3.8, 4) is 0 Å². The number of unbranched alkanes of at least 4 members (excludes halogenated alkanes) is 13. The molecule has 0 unspecified atom stereocenters. The molecule has 0 fully saturated rings. The van der Waals surface area contributed by atoms with E-state index in [9.17, 15) is 0 Å². The molecule has 2 nitrogen and oxygen atoms in total. The van der Waals surface area contributed by atoms with Crippen LogP contribution in [0.25, 0.3) is 0 Å². The summed E-state index contributed by atoms with van der Waals surface area (Å²) in [4.78, 5) is 4.42. The van der Waals surface area contributed by atoms with E-state index in [0.717, 1.165) is 6.42 Å². The van der Waals surface area contributed by atoms with Crippen molar-refractivity contribution in [2.75, 3.05) is 0 Å². The molecule has 0 spiro atoms. The average Bonchev–Trinajstić information content (AvgIpc) is 2.39. The Labute approximate surface area is 115 Å². The normalized spacial score (nSPS) is 11.0. The van der Waals surface area contributed by atoms with Crippen LogP contribution in [0.5, 0.6) is 0 Å². The van der Waals surface area contributed by atoms with Crippen LogP contribution in [-0.4, -0.2) is 0 Å². The second-order valence-corrected chi connectivity index (χ2v) is 5.33. The first kappa shape index (κ1) is 17.9. The molecule has 0 amide bonds. The largest absolute Gasteiger partial charge is 0.299 e. The van der Waals surface area contributed by atoms with Gasteiger partial charge in [0.2, 0.25) is 0 Å². The Hall–Kier alpha value is -0.0800. The fourth-order valence-corrected chi connectivity index (χ4v) is 2.31. The lowest BCUT2D eigenvalue weighted by Crippen LogP contribution is -1.94. The summed E-state index contributed by atoms with van der Waals surface area (Å²) in [5, 5.41) is 0. The van der Waals surface area contributed by atoms with Gasteiger partial charge in [-0.1, -0.05) is 90.4 Å². The van der Waals surface area contributed by atoms with Gasteiger partial charge in [0.15, 0.2) is 0 Å². The zero-order valence-electron chi connectivity index (χ0n) is 12.5. The third-order valence-corrected chi connectivity index (χ3v) is 3.52. The van der Waals surface area contributed by atoms with Gasteiger partial charge in [0.1, 0.15) is 6.61 Å². The topological polar surface area (TPSA) is 35.2 Å². The number of rotatable bonds is 15. The summed E-state index contributed by atoms with van der Waals surface area (Å²) in [6.07, 6.45) is 19.2. The Kier molecular flexibility index (Phi) is 16.8. The van der Waals surface area contributed by atoms with Gasteiger partial charge in [0.05, 0.1) is 0 Å². The van der Waals surface area contributed by atoms with Crippen molar-refractivity contribution in [2.45, 2.75) is 96.8 Å². The lowest BCUT2D eigenvalue weighted by molar-refractivity contribution is 0.196. The molecule has 2 N–H and O–H groups in total. The third kappa shape index (κ3) is 15.9. The van der Waals surface area contributed by atoms with E-state index in [-0.39, 0.29) is 0 Å². The maximum atomic E-state index is 4.92. The van der Waals surface area contributed by atoms with E-state index in [1.807, 2.05) is 0 Å². The molecular weight excluding hydrogens is 222 g/mol. The van der Waals surface area contributed by atoms with Crippen LogP contribution in [-0.2, 0) is 4.84 Å². The first-order valence-electron chi connectivity index (χ1n) is 8.09. The molecule has 0 heterocycles. The smallest absolute Gasteiger partial charge is 0.107 e. The Balaban J connectivity index is 2.86. The minimum absolute atomic E-state index is 0.994. The van der Waals surface area contributed by atoms with Crippen LogP contribution >= 0.6 is 0 Å². The third-order valence-electron chi connectivity index (χ3n) is 3.52. The molecule has 0 rings (SSSR count). The number of nitrogens with two attached hydrogens (primary N) is 1. The average molecular weight is 256 g/mol. The van der Waals surface area contributed by atoms with Crippen molar-refractivity contribution in [1.82, 2.24) is 0 Å². The van der Waals surface area contributed by atoms with Gasteiger partial charge in [-0.3, -0.25) is 4.84 Å². The lowest BCUT2D eigenvalue weighted by atomic mass is 10.0. The van der Waals surface area contributed by atoms with Crippen LogP contribution in [0, 0.1) is 6.61 Å². The standard InChI is InChI=1S/C16H34NO/c1-2-3-4-5-6-7-8-9-10-11-12-13-14-15-16-18-17/h16H,2-15,17H2,1H3. The van der Waals surface area contributed by atoms with Gasteiger partial charge in [-0.25, -0.2) is 5.90 Å². The maximum Gasteiger partial charge on any atom is 0.107 e. The zero-order valence-corrected chi connectivity index (χ0v) is 12.5. The van der Waals surface area contributed by atoms with Crippen molar-refractivity contribution >= 4 is 0 Å². The highest BCUT2D eigenvalue weighted by atomic mass is 16.6. The molecule has 0 aliphatic rings. The van der Waals surface area contributed by atoms with Crippen LogP contribution in [0.3, 0.4) is 0 Å². The second kappa shape index (κ2) is 16.9. The molecule has 0 saturated heterocycles. The minimum Gasteiger partial charge on any atom is -0.299 e. The summed E-state index contributed by atoms with van der Waals surface area (Å²) in [5.74, 6) is 4.92. The monoisotopic (exact) mass is 256 g/mol. The van der Waals surface area contributed by atoms with Crippen molar-refractivity contribution in [3.05, 3.63) is 6.61 Å². The molecule has 0 aromatic heterocycles. The minimum atomic E-state index is 0.994. The fraction of sp³-hybridized carbons (Fsp3) is 0.938. The Morgan fingerprint density at radius 1 is 0.667 bits per heavy atom. The van der Waals surface area contributed by atoms with Crippen LogP contribution < -0.4 is 5.90 Å².